The van der Waals surface area contributed by atoms with E-state index in [1.807, 2.05) is 6.92 Å². The molecule has 1 aromatic rings. The minimum Gasteiger partial charge on any atom is -0.396 e. The molecular weight excluding hydrogens is 723 g/mol. The molecule has 0 amide bonds. The van der Waals surface area contributed by atoms with Crippen LogP contribution in [-0.2, 0) is 11.3 Å². The van der Waals surface area contributed by atoms with Gasteiger partial charge in [0.05, 0.1) is 31.0 Å². The van der Waals surface area contributed by atoms with Gasteiger partial charge in [-0.3, -0.25) is 4.79 Å². The number of nitrogens with one attached hydrogen (secondary N) is 1. The van der Waals surface area contributed by atoms with E-state index in [9.17, 15) is 25.5 Å². The minimum absolute atomic E-state index is 0.00126. The first kappa shape index (κ1) is 40.0. The smallest absolute Gasteiger partial charge is 0.159 e. The molecular formula is C51H71NO6. The maximum atomic E-state index is 16.1. The number of rotatable bonds is 7. The van der Waals surface area contributed by atoms with E-state index in [0.29, 0.717) is 25.2 Å². The van der Waals surface area contributed by atoms with Gasteiger partial charge in [0.2, 0.25) is 0 Å². The normalized spacial score (nSPS) is 49.5. The summed E-state index contributed by atoms with van der Waals surface area (Å²) < 4.78 is 0. The number of fused-ring (bicyclic) bond motifs is 4. The lowest BCUT2D eigenvalue weighted by molar-refractivity contribution is -0.284. The molecule has 6 fully saturated rings. The Kier molecular flexibility index (Phi) is 8.93. The van der Waals surface area contributed by atoms with E-state index in [2.05, 4.69) is 81.6 Å². The van der Waals surface area contributed by atoms with Gasteiger partial charge in [0, 0.05) is 23.3 Å². The fourth-order valence-electron chi connectivity index (χ4n) is 18.5. The van der Waals surface area contributed by atoms with Crippen molar-refractivity contribution in [2.24, 2.45) is 73.4 Å². The Morgan fingerprint density at radius 2 is 1.74 bits per heavy atom. The van der Waals surface area contributed by atoms with Gasteiger partial charge in [-0.25, -0.2) is 0 Å². The van der Waals surface area contributed by atoms with Gasteiger partial charge < -0.3 is 30.8 Å². The average molecular weight is 794 g/mol. The highest BCUT2D eigenvalue weighted by molar-refractivity contribution is 5.96. The molecule has 0 heterocycles. The summed E-state index contributed by atoms with van der Waals surface area (Å²) in [7, 11) is 0. The van der Waals surface area contributed by atoms with Crippen LogP contribution in [0.25, 0.3) is 12.2 Å². The van der Waals surface area contributed by atoms with Crippen LogP contribution in [0.1, 0.15) is 124 Å². The molecule has 0 saturated heterocycles. The molecule has 7 nitrogen and oxygen atoms in total. The molecule has 6 N–H and O–H groups in total. The van der Waals surface area contributed by atoms with Gasteiger partial charge in [-0.15, -0.1) is 0 Å². The van der Waals surface area contributed by atoms with Gasteiger partial charge in [-0.2, -0.15) is 0 Å². The fraction of sp³-hybridized carbons (Fsp3) is 0.745. The number of aliphatic hydroxyl groups is 5. The summed E-state index contributed by atoms with van der Waals surface area (Å²) in [5.41, 5.74) is -2.35. The molecule has 6 saturated carbocycles. The van der Waals surface area contributed by atoms with Gasteiger partial charge in [0.15, 0.2) is 5.78 Å². The number of ketones is 1. The standard InChI is InChI=1S/C51H71NO6/c1-6-21-52-26-33-10-7-9-31-22-32-12-17-47-18-14-40-46(5,42(57)27-53)41(56)15-20-50(40,36(32)23-35(31)33)43(47)39(55)24-37-38-25-44(2,3)28-48-16-8-11-34(48)13-19-49(58,29-45(37,47)4)51(38,48)30-54/h7,9-10,13,19,22-24,32,34,36,38,40-43,52-54,56-58H,6,8,11-12,14-18,20-21,25-30H2,1-5H3/t32-,34+,36-,38-,40+,41+,42-,43+,45-,46+,47-,48-,49-,50-,51-/m1/s1. The van der Waals surface area contributed by atoms with Crippen LogP contribution in [0.2, 0.25) is 0 Å². The first-order valence-electron chi connectivity index (χ1n) is 23.4. The summed E-state index contributed by atoms with van der Waals surface area (Å²) in [4.78, 5) is 16.1. The van der Waals surface area contributed by atoms with E-state index in [1.165, 1.54) is 21.6 Å². The van der Waals surface area contributed by atoms with Crippen LogP contribution >= 0.6 is 0 Å². The first-order chi connectivity index (χ1) is 27.6. The lowest BCUT2D eigenvalue weighted by atomic mass is 9.27. The van der Waals surface area contributed by atoms with E-state index in [4.69, 9.17) is 0 Å². The second-order valence-corrected chi connectivity index (χ2v) is 22.7. The van der Waals surface area contributed by atoms with Crippen LogP contribution in [0.4, 0.5) is 0 Å². The number of aliphatic hydroxyl groups excluding tert-OH is 4. The molecule has 2 bridgehead atoms. The van der Waals surface area contributed by atoms with Crippen molar-refractivity contribution in [2.45, 2.75) is 142 Å². The highest BCUT2D eigenvalue weighted by Crippen LogP contribution is 2.84. The molecule has 9 aliphatic rings. The molecule has 15 atom stereocenters. The van der Waals surface area contributed by atoms with Crippen LogP contribution in [0.5, 0.6) is 0 Å². The zero-order chi connectivity index (χ0) is 40.9. The van der Waals surface area contributed by atoms with Gasteiger partial charge in [0.1, 0.15) is 0 Å². The minimum atomic E-state index is -1.22. The number of hydrogen-bond acceptors (Lipinski definition) is 7. The van der Waals surface area contributed by atoms with Crippen molar-refractivity contribution in [3.8, 4) is 0 Å². The summed E-state index contributed by atoms with van der Waals surface area (Å²) in [5, 5.41) is 66.4. The predicted molar refractivity (Wildman–Crippen MR) is 226 cm³/mol. The van der Waals surface area contributed by atoms with Crippen molar-refractivity contribution in [3.05, 3.63) is 58.0 Å². The molecule has 2 spiro atoms. The maximum absolute atomic E-state index is 16.1. The van der Waals surface area contributed by atoms with E-state index >= 15 is 4.79 Å². The van der Waals surface area contributed by atoms with E-state index in [0.717, 1.165) is 77.3 Å². The summed E-state index contributed by atoms with van der Waals surface area (Å²) in [5.74, 6) is -0.0350. The molecule has 7 heteroatoms. The molecule has 58 heavy (non-hydrogen) atoms. The molecule has 0 radical (unpaired) electrons. The molecule has 9 aliphatic carbocycles. The van der Waals surface area contributed by atoms with Crippen molar-refractivity contribution in [1.82, 2.24) is 5.32 Å². The zero-order valence-electron chi connectivity index (χ0n) is 35.9. The highest BCUT2D eigenvalue weighted by atomic mass is 16.3. The van der Waals surface area contributed by atoms with Crippen molar-refractivity contribution >= 4 is 17.9 Å². The lowest BCUT2D eigenvalue weighted by Gasteiger charge is -2.77. The predicted octanol–water partition coefficient (Wildman–Crippen LogP) is 5.72. The van der Waals surface area contributed by atoms with Crippen LogP contribution in [-0.4, -0.2) is 68.9 Å². The second-order valence-electron chi connectivity index (χ2n) is 22.7. The van der Waals surface area contributed by atoms with Crippen LogP contribution in [0, 0.1) is 73.4 Å². The zero-order valence-corrected chi connectivity index (χ0v) is 35.9. The molecule has 0 aliphatic heterocycles. The van der Waals surface area contributed by atoms with E-state index < -0.39 is 51.5 Å². The Morgan fingerprint density at radius 3 is 2.50 bits per heavy atom. The molecule has 0 aromatic heterocycles. The van der Waals surface area contributed by atoms with Crippen molar-refractivity contribution < 1.29 is 30.3 Å². The summed E-state index contributed by atoms with van der Waals surface area (Å²) in [6.45, 7) is 12.6. The Balaban J connectivity index is 1.22. The Morgan fingerprint density at radius 1 is 0.948 bits per heavy atom. The third-order valence-corrected chi connectivity index (χ3v) is 20.4. The van der Waals surface area contributed by atoms with Gasteiger partial charge in [-0.1, -0.05) is 89.1 Å². The van der Waals surface area contributed by atoms with Crippen LogP contribution < -0.4 is 15.8 Å². The third-order valence-electron chi connectivity index (χ3n) is 20.4. The van der Waals surface area contributed by atoms with E-state index in [-0.39, 0.29) is 52.8 Å². The SMILES string of the molecule is CCCNCc1cccc2c1=C[C@@H]1[C@@H](C=2)CC[C@@]23CC[C@H]4[C@](C)([C@H](O)CO)[C@@H](O)CC[C@@]14[C@H]2C(=O)C=C1[C@H]2CC(C)(C)C[C@]45CCC[C@H]4C=C[C@@](O)(C[C@]13C)[C@]25CO. The second kappa shape index (κ2) is 13.0. The summed E-state index contributed by atoms with van der Waals surface area (Å²) in [6.07, 6.45) is 20.6. The molecule has 10 rings (SSSR count). The summed E-state index contributed by atoms with van der Waals surface area (Å²) >= 11 is 0. The first-order valence-corrected chi connectivity index (χ1v) is 23.4. The molecule has 1 aromatic carbocycles. The van der Waals surface area contributed by atoms with Crippen molar-refractivity contribution in [2.75, 3.05) is 19.8 Å². The Labute approximate surface area is 346 Å². The van der Waals surface area contributed by atoms with Crippen molar-refractivity contribution in [1.29, 1.82) is 0 Å². The quantitative estimate of drug-likeness (QED) is 0.154. The number of hydrogen-bond donors (Lipinski definition) is 6. The van der Waals surface area contributed by atoms with Crippen LogP contribution in [0.15, 0.2) is 42.0 Å². The average Bonchev–Trinajstić information content (AvgIpc) is 3.57. The molecule has 316 valence electrons. The topological polar surface area (TPSA) is 130 Å². The Bertz CT molecular complexity index is 2070. The number of carbonyl (C=O) groups excluding carboxylic acids is 1. The van der Waals surface area contributed by atoms with Gasteiger partial charge in [-0.05, 0) is 162 Å². The highest BCUT2D eigenvalue weighted by Gasteiger charge is 2.81. The summed E-state index contributed by atoms with van der Waals surface area (Å²) in [6, 6.07) is 6.65. The lowest BCUT2D eigenvalue weighted by Crippen LogP contribution is -2.77. The number of carbonyl (C=O) groups is 1. The van der Waals surface area contributed by atoms with Gasteiger partial charge >= 0.3 is 0 Å². The van der Waals surface area contributed by atoms with Gasteiger partial charge in [0.25, 0.3) is 0 Å². The maximum Gasteiger partial charge on any atom is 0.159 e. The van der Waals surface area contributed by atoms with Crippen molar-refractivity contribution in [3.63, 3.8) is 0 Å². The third kappa shape index (κ3) is 4.60. The van der Waals surface area contributed by atoms with Crippen LogP contribution in [0.3, 0.4) is 0 Å². The molecule has 0 unspecified atom stereocenters. The monoisotopic (exact) mass is 794 g/mol. The largest absolute Gasteiger partial charge is 0.396 e. The van der Waals surface area contributed by atoms with E-state index in [1.54, 1.807) is 0 Å². The number of benzene rings is 1. The fourth-order valence-corrected chi connectivity index (χ4v) is 18.5. The number of allylic oxidation sites excluding steroid dienone is 3. The Hall–Kier alpha value is -2.13.